The van der Waals surface area contributed by atoms with Crippen LogP contribution >= 0.6 is 0 Å². The minimum Gasteiger partial charge on any atom is -0.465 e. The van der Waals surface area contributed by atoms with Crippen molar-refractivity contribution in [3.8, 4) is 0 Å². The largest absolute Gasteiger partial charge is 0.465 e. The molecule has 2 rings (SSSR count). The Morgan fingerprint density at radius 2 is 1.15 bits per heavy atom. The number of nitrogens with one attached hydrogen (secondary N) is 1. The number of carbonyl (C=O) groups is 3. The smallest absolute Gasteiger partial charge is 0.408 e. The zero-order valence-electron chi connectivity index (χ0n) is 20.4. The molecule has 2 aromatic rings. The quantitative estimate of drug-likeness (QED) is 0.462. The Bertz CT molecular complexity index is 912. The zero-order chi connectivity index (χ0) is 24.8. The first-order valence-corrected chi connectivity index (χ1v) is 10.7. The van der Waals surface area contributed by atoms with Gasteiger partial charge in [0.05, 0.1) is 25.3 Å². The van der Waals surface area contributed by atoms with Crippen molar-refractivity contribution in [2.45, 2.75) is 58.1 Å². The van der Waals surface area contributed by atoms with Crippen LogP contribution < -0.4 is 5.32 Å². The van der Waals surface area contributed by atoms with Crippen LogP contribution in [0, 0.1) is 0 Å². The van der Waals surface area contributed by atoms with Gasteiger partial charge in [-0.15, -0.1) is 0 Å². The topological polar surface area (TPSA) is 90.9 Å². The Hall–Kier alpha value is -3.35. The minimum atomic E-state index is -0.616. The van der Waals surface area contributed by atoms with E-state index in [2.05, 4.69) is 5.32 Å². The van der Waals surface area contributed by atoms with E-state index in [-0.39, 0.29) is 5.92 Å². The van der Waals surface area contributed by atoms with Crippen molar-refractivity contribution in [2.75, 3.05) is 14.2 Å². The first-order valence-electron chi connectivity index (χ1n) is 10.7. The molecule has 0 aliphatic heterocycles. The molecule has 0 heterocycles. The second-order valence-corrected chi connectivity index (χ2v) is 9.49. The molecule has 0 radical (unpaired) electrons. The molecule has 0 fully saturated rings. The molecule has 0 aromatic heterocycles. The Balaban J connectivity index is 2.37. The number of methoxy groups -OCH3 is 2. The highest BCUT2D eigenvalue weighted by Gasteiger charge is 2.29. The Morgan fingerprint density at radius 3 is 1.48 bits per heavy atom. The van der Waals surface area contributed by atoms with Gasteiger partial charge in [0.25, 0.3) is 0 Å². The van der Waals surface area contributed by atoms with Gasteiger partial charge in [-0.1, -0.05) is 24.3 Å². The van der Waals surface area contributed by atoms with Gasteiger partial charge >= 0.3 is 18.0 Å². The summed E-state index contributed by atoms with van der Waals surface area (Å²) in [5.74, 6) is -0.951. The van der Waals surface area contributed by atoms with Crippen molar-refractivity contribution in [3.05, 3.63) is 70.8 Å². The standard InChI is InChI=1S/C26H33NO6/c1-25(2,3)33-24(30)27-26(4,5)16-21(17-8-12-19(13-9-17)22(28)31-6)18-10-14-20(15-11-18)23(29)32-7/h8-15,21H,16H2,1-7H3,(H,27,30). The fourth-order valence-corrected chi connectivity index (χ4v) is 3.51. The fraction of sp³-hybridized carbons (Fsp3) is 0.423. The summed E-state index contributed by atoms with van der Waals surface area (Å²) >= 11 is 0. The van der Waals surface area contributed by atoms with E-state index >= 15 is 0 Å². The highest BCUT2D eigenvalue weighted by molar-refractivity contribution is 5.89. The Kier molecular flexibility index (Phi) is 8.25. The van der Waals surface area contributed by atoms with E-state index in [1.54, 1.807) is 24.3 Å². The summed E-state index contributed by atoms with van der Waals surface area (Å²) < 4.78 is 15.0. The predicted octanol–water partition coefficient (Wildman–Crippen LogP) is 5.09. The van der Waals surface area contributed by atoms with E-state index in [9.17, 15) is 14.4 Å². The third-order valence-electron chi connectivity index (χ3n) is 5.02. The lowest BCUT2D eigenvalue weighted by atomic mass is 9.81. The van der Waals surface area contributed by atoms with E-state index < -0.39 is 29.2 Å². The molecule has 0 saturated carbocycles. The van der Waals surface area contributed by atoms with E-state index in [0.29, 0.717) is 17.5 Å². The normalized spacial score (nSPS) is 11.6. The van der Waals surface area contributed by atoms with Crippen LogP contribution in [-0.4, -0.2) is 43.4 Å². The van der Waals surface area contributed by atoms with Gasteiger partial charge < -0.3 is 19.5 Å². The first kappa shape index (κ1) is 25.9. The van der Waals surface area contributed by atoms with Crippen LogP contribution in [0.2, 0.25) is 0 Å². The molecule has 1 amide bonds. The van der Waals surface area contributed by atoms with E-state index in [1.165, 1.54) is 14.2 Å². The van der Waals surface area contributed by atoms with Gasteiger partial charge in [0.15, 0.2) is 0 Å². The van der Waals surface area contributed by atoms with Gasteiger partial charge in [0, 0.05) is 11.5 Å². The summed E-state index contributed by atoms with van der Waals surface area (Å²) in [6, 6.07) is 14.3. The second kappa shape index (κ2) is 10.5. The molecule has 7 nitrogen and oxygen atoms in total. The molecule has 0 saturated heterocycles. The van der Waals surface area contributed by atoms with Crippen LogP contribution in [0.3, 0.4) is 0 Å². The molecule has 0 aliphatic rings. The second-order valence-electron chi connectivity index (χ2n) is 9.49. The Labute approximate surface area is 195 Å². The summed E-state index contributed by atoms with van der Waals surface area (Å²) in [6.45, 7) is 9.29. The van der Waals surface area contributed by atoms with Crippen LogP contribution in [0.1, 0.15) is 78.8 Å². The van der Waals surface area contributed by atoms with Crippen LogP contribution in [-0.2, 0) is 14.2 Å². The third-order valence-corrected chi connectivity index (χ3v) is 5.02. The lowest BCUT2D eigenvalue weighted by Crippen LogP contribution is -2.46. The fourth-order valence-electron chi connectivity index (χ4n) is 3.51. The number of hydrogen-bond acceptors (Lipinski definition) is 6. The molecule has 2 aromatic carbocycles. The van der Waals surface area contributed by atoms with E-state index in [1.807, 2.05) is 58.9 Å². The average Bonchev–Trinajstić information content (AvgIpc) is 2.75. The van der Waals surface area contributed by atoms with Gasteiger partial charge in [0.2, 0.25) is 0 Å². The maximum Gasteiger partial charge on any atom is 0.408 e. The molecule has 178 valence electrons. The first-order chi connectivity index (χ1) is 15.3. The maximum absolute atomic E-state index is 12.4. The number of rotatable bonds is 7. The highest BCUT2D eigenvalue weighted by Crippen LogP contribution is 2.33. The molecule has 0 aliphatic carbocycles. The monoisotopic (exact) mass is 455 g/mol. The third kappa shape index (κ3) is 7.63. The average molecular weight is 456 g/mol. The van der Waals surface area contributed by atoms with E-state index in [0.717, 1.165) is 11.1 Å². The minimum absolute atomic E-state index is 0.131. The van der Waals surface area contributed by atoms with Crippen LogP contribution in [0.5, 0.6) is 0 Å². The van der Waals surface area contributed by atoms with Crippen molar-refractivity contribution in [1.29, 1.82) is 0 Å². The molecule has 33 heavy (non-hydrogen) atoms. The lowest BCUT2D eigenvalue weighted by molar-refractivity contribution is 0.0464. The van der Waals surface area contributed by atoms with Gasteiger partial charge in [-0.25, -0.2) is 14.4 Å². The number of carbonyl (C=O) groups excluding carboxylic acids is 3. The van der Waals surface area contributed by atoms with Crippen LogP contribution in [0.4, 0.5) is 4.79 Å². The Morgan fingerprint density at radius 1 is 0.758 bits per heavy atom. The predicted molar refractivity (Wildman–Crippen MR) is 125 cm³/mol. The number of amides is 1. The van der Waals surface area contributed by atoms with E-state index in [4.69, 9.17) is 14.2 Å². The highest BCUT2D eigenvalue weighted by atomic mass is 16.6. The summed E-state index contributed by atoms with van der Waals surface area (Å²) in [4.78, 5) is 36.1. The molecular formula is C26H33NO6. The molecule has 0 atom stereocenters. The van der Waals surface area contributed by atoms with Crippen molar-refractivity contribution in [1.82, 2.24) is 5.32 Å². The summed E-state index contributed by atoms with van der Waals surface area (Å²) in [6.07, 6.45) is 0.0508. The summed E-state index contributed by atoms with van der Waals surface area (Å²) in [5.41, 5.74) is 1.58. The van der Waals surface area contributed by atoms with Crippen molar-refractivity contribution in [2.24, 2.45) is 0 Å². The van der Waals surface area contributed by atoms with Crippen molar-refractivity contribution < 1.29 is 28.6 Å². The van der Waals surface area contributed by atoms with Crippen LogP contribution in [0.15, 0.2) is 48.5 Å². The molecule has 0 spiro atoms. The lowest BCUT2D eigenvalue weighted by Gasteiger charge is -2.32. The van der Waals surface area contributed by atoms with Crippen LogP contribution in [0.25, 0.3) is 0 Å². The summed E-state index contributed by atoms with van der Waals surface area (Å²) in [5, 5.41) is 2.95. The zero-order valence-corrected chi connectivity index (χ0v) is 20.4. The molecule has 0 bridgehead atoms. The number of hydrogen-bond donors (Lipinski definition) is 1. The molecule has 0 unspecified atom stereocenters. The maximum atomic E-state index is 12.4. The molecule has 7 heteroatoms. The molecular weight excluding hydrogens is 422 g/mol. The number of ether oxygens (including phenoxy) is 3. The number of esters is 2. The van der Waals surface area contributed by atoms with Gasteiger partial charge in [-0.05, 0) is 76.4 Å². The van der Waals surface area contributed by atoms with Gasteiger partial charge in [0.1, 0.15) is 5.60 Å². The number of benzene rings is 2. The SMILES string of the molecule is COC(=O)c1ccc(C(CC(C)(C)NC(=O)OC(C)(C)C)c2ccc(C(=O)OC)cc2)cc1. The van der Waals surface area contributed by atoms with Crippen molar-refractivity contribution >= 4 is 18.0 Å². The van der Waals surface area contributed by atoms with Gasteiger partial charge in [-0.3, -0.25) is 0 Å². The van der Waals surface area contributed by atoms with Crippen molar-refractivity contribution in [3.63, 3.8) is 0 Å². The summed E-state index contributed by atoms with van der Waals surface area (Å²) in [7, 11) is 2.68. The van der Waals surface area contributed by atoms with Gasteiger partial charge in [-0.2, -0.15) is 0 Å². The number of alkyl carbamates (subject to hydrolysis) is 1. The molecule has 1 N–H and O–H groups in total.